The Morgan fingerprint density at radius 2 is 2.06 bits per heavy atom. The Balaban J connectivity index is 1.99. The summed E-state index contributed by atoms with van der Waals surface area (Å²) in [6.45, 7) is 4.26. The van der Waals surface area contributed by atoms with E-state index in [4.69, 9.17) is 0 Å². The van der Waals surface area contributed by atoms with Crippen LogP contribution in [0.5, 0.6) is 0 Å². The average molecular weight is 288 g/mol. The monoisotopic (exact) mass is 287 g/mol. The molecule has 0 aromatic rings. The maximum atomic E-state index is 12.1. The van der Waals surface area contributed by atoms with Crippen molar-refractivity contribution in [2.75, 3.05) is 13.1 Å². The molecule has 0 aromatic carbocycles. The number of carbonyl (C=O) groups excluding carboxylic acids is 1. The number of rotatable bonds is 3. The number of alkyl halides is 1. The molecule has 3 heteroatoms. The zero-order valence-corrected chi connectivity index (χ0v) is 11.8. The minimum absolute atomic E-state index is 0.0801. The van der Waals surface area contributed by atoms with Gasteiger partial charge in [0.25, 0.3) is 0 Å². The largest absolute Gasteiger partial charge is 0.341 e. The van der Waals surface area contributed by atoms with E-state index in [-0.39, 0.29) is 4.83 Å². The molecule has 1 unspecified atom stereocenters. The lowest BCUT2D eigenvalue weighted by Crippen LogP contribution is -2.46. The summed E-state index contributed by atoms with van der Waals surface area (Å²) in [6, 6.07) is 0. The van der Waals surface area contributed by atoms with E-state index in [0.717, 1.165) is 25.9 Å². The van der Waals surface area contributed by atoms with Gasteiger partial charge in [0.2, 0.25) is 5.91 Å². The molecule has 2 aliphatic rings. The number of nitrogens with zero attached hydrogens (tertiary/aromatic N) is 1. The lowest BCUT2D eigenvalue weighted by Gasteiger charge is -2.38. The molecule has 1 saturated heterocycles. The van der Waals surface area contributed by atoms with Gasteiger partial charge >= 0.3 is 0 Å². The molecule has 1 atom stereocenters. The normalized spacial score (nSPS) is 29.8. The highest BCUT2D eigenvalue weighted by Crippen LogP contribution is 2.42. The van der Waals surface area contributed by atoms with Gasteiger partial charge in [-0.05, 0) is 37.5 Å². The zero-order valence-electron chi connectivity index (χ0n) is 10.2. The molecule has 1 aliphatic carbocycles. The number of hydrogen-bond acceptors (Lipinski definition) is 1. The van der Waals surface area contributed by atoms with Gasteiger partial charge in [-0.3, -0.25) is 4.79 Å². The van der Waals surface area contributed by atoms with E-state index in [0.29, 0.717) is 11.3 Å². The second-order valence-electron chi connectivity index (χ2n) is 5.43. The van der Waals surface area contributed by atoms with E-state index >= 15 is 0 Å². The highest BCUT2D eigenvalue weighted by Gasteiger charge is 2.37. The van der Waals surface area contributed by atoms with Gasteiger partial charge in [0.15, 0.2) is 0 Å². The van der Waals surface area contributed by atoms with Crippen molar-refractivity contribution in [2.45, 2.75) is 56.7 Å². The molecule has 2 rings (SSSR count). The summed E-state index contributed by atoms with van der Waals surface area (Å²) in [4.78, 5) is 14.2. The molecule has 92 valence electrons. The van der Waals surface area contributed by atoms with Crippen LogP contribution in [0.3, 0.4) is 0 Å². The van der Waals surface area contributed by atoms with E-state index < -0.39 is 0 Å². The smallest absolute Gasteiger partial charge is 0.236 e. The maximum absolute atomic E-state index is 12.1. The Morgan fingerprint density at radius 3 is 2.69 bits per heavy atom. The first-order valence-electron chi connectivity index (χ1n) is 6.60. The van der Waals surface area contributed by atoms with Gasteiger partial charge < -0.3 is 4.90 Å². The summed E-state index contributed by atoms with van der Waals surface area (Å²) >= 11 is 3.49. The van der Waals surface area contributed by atoms with E-state index in [9.17, 15) is 4.79 Å². The minimum atomic E-state index is 0.0801. The van der Waals surface area contributed by atoms with E-state index in [1.54, 1.807) is 0 Å². The summed E-state index contributed by atoms with van der Waals surface area (Å²) in [6.07, 6.45) is 8.74. The minimum Gasteiger partial charge on any atom is -0.341 e. The van der Waals surface area contributed by atoms with Crippen LogP contribution in [0.25, 0.3) is 0 Å². The molecule has 0 aromatic heterocycles. The fourth-order valence-corrected chi connectivity index (χ4v) is 3.82. The Bertz CT molecular complexity index is 261. The van der Waals surface area contributed by atoms with Crippen LogP contribution in [0.4, 0.5) is 0 Å². The molecule has 0 spiro atoms. The molecule has 0 N–H and O–H groups in total. The van der Waals surface area contributed by atoms with Crippen LogP contribution < -0.4 is 0 Å². The number of piperidine rings is 1. The van der Waals surface area contributed by atoms with Gasteiger partial charge in [-0.1, -0.05) is 35.7 Å². The van der Waals surface area contributed by atoms with Crippen LogP contribution in [-0.4, -0.2) is 28.7 Å². The van der Waals surface area contributed by atoms with Gasteiger partial charge in [0.1, 0.15) is 0 Å². The van der Waals surface area contributed by atoms with E-state index in [1.807, 2.05) is 0 Å². The second-order valence-corrected chi connectivity index (χ2v) is 6.54. The van der Waals surface area contributed by atoms with Crippen molar-refractivity contribution in [2.24, 2.45) is 5.41 Å². The third-order valence-electron chi connectivity index (χ3n) is 4.41. The van der Waals surface area contributed by atoms with Gasteiger partial charge in [-0.25, -0.2) is 0 Å². The first-order chi connectivity index (χ1) is 7.67. The molecule has 1 amide bonds. The molecular formula is C13H22BrNO. The van der Waals surface area contributed by atoms with Crippen LogP contribution in [0.15, 0.2) is 0 Å². The number of likely N-dealkylation sites (tertiary alicyclic amines) is 1. The van der Waals surface area contributed by atoms with Gasteiger partial charge in [0.05, 0.1) is 4.83 Å². The summed E-state index contributed by atoms with van der Waals surface area (Å²) < 4.78 is 0. The van der Waals surface area contributed by atoms with Crippen molar-refractivity contribution >= 4 is 21.8 Å². The summed E-state index contributed by atoms with van der Waals surface area (Å²) in [5, 5.41) is 0. The molecule has 0 radical (unpaired) electrons. The topological polar surface area (TPSA) is 20.3 Å². The van der Waals surface area contributed by atoms with Crippen LogP contribution >= 0.6 is 15.9 Å². The fourth-order valence-electron chi connectivity index (χ4n) is 3.20. The van der Waals surface area contributed by atoms with Crippen molar-refractivity contribution in [3.8, 4) is 0 Å². The molecular weight excluding hydrogens is 266 g/mol. The Kier molecular flexibility index (Phi) is 3.93. The summed E-state index contributed by atoms with van der Waals surface area (Å²) in [7, 11) is 0. The van der Waals surface area contributed by atoms with Gasteiger partial charge in [0, 0.05) is 13.1 Å². The van der Waals surface area contributed by atoms with Crippen molar-refractivity contribution in [3.63, 3.8) is 0 Å². The summed E-state index contributed by atoms with van der Waals surface area (Å²) in [5.41, 5.74) is 0.444. The first-order valence-corrected chi connectivity index (χ1v) is 7.51. The first kappa shape index (κ1) is 12.4. The van der Waals surface area contributed by atoms with Crippen LogP contribution in [0.1, 0.15) is 51.9 Å². The molecule has 0 bridgehead atoms. The molecule has 1 aliphatic heterocycles. The van der Waals surface area contributed by atoms with Crippen LogP contribution in [-0.2, 0) is 4.79 Å². The quantitative estimate of drug-likeness (QED) is 0.729. The predicted octanol–water partition coefficient (Wildman–Crippen LogP) is 3.34. The summed E-state index contributed by atoms with van der Waals surface area (Å²) in [5.74, 6) is 0.325. The highest BCUT2D eigenvalue weighted by atomic mass is 79.9. The van der Waals surface area contributed by atoms with E-state index in [1.165, 1.54) is 32.1 Å². The van der Waals surface area contributed by atoms with Gasteiger partial charge in [-0.15, -0.1) is 0 Å². The van der Waals surface area contributed by atoms with Crippen LogP contribution in [0.2, 0.25) is 0 Å². The third kappa shape index (κ3) is 2.44. The third-order valence-corrected chi connectivity index (χ3v) is 5.26. The lowest BCUT2D eigenvalue weighted by molar-refractivity contribution is -0.134. The van der Waals surface area contributed by atoms with Gasteiger partial charge in [-0.2, -0.15) is 0 Å². The zero-order chi connectivity index (χ0) is 11.6. The van der Waals surface area contributed by atoms with Crippen molar-refractivity contribution in [1.29, 1.82) is 0 Å². The molecule has 2 fully saturated rings. The predicted molar refractivity (Wildman–Crippen MR) is 69.7 cm³/mol. The Labute approximate surface area is 107 Å². The highest BCUT2D eigenvalue weighted by molar-refractivity contribution is 9.10. The SMILES string of the molecule is CCC1(CN2CCCC(Br)C2=O)CCCC1. The number of halogens is 1. The van der Waals surface area contributed by atoms with Crippen LogP contribution in [0, 0.1) is 5.41 Å². The number of amides is 1. The maximum Gasteiger partial charge on any atom is 0.236 e. The molecule has 1 saturated carbocycles. The standard InChI is InChI=1S/C13H22BrNO/c1-2-13(7-3-4-8-13)10-15-9-5-6-11(14)12(15)16/h11H,2-10H2,1H3. The number of hydrogen-bond donors (Lipinski definition) is 0. The fraction of sp³-hybridized carbons (Fsp3) is 0.923. The van der Waals surface area contributed by atoms with E-state index in [2.05, 4.69) is 27.8 Å². The Hall–Kier alpha value is -0.0500. The van der Waals surface area contributed by atoms with Crippen molar-refractivity contribution < 1.29 is 4.79 Å². The molecule has 1 heterocycles. The Morgan fingerprint density at radius 1 is 1.38 bits per heavy atom. The average Bonchev–Trinajstić information content (AvgIpc) is 2.74. The van der Waals surface area contributed by atoms with Crippen molar-refractivity contribution in [1.82, 2.24) is 4.90 Å². The molecule has 2 nitrogen and oxygen atoms in total. The molecule has 16 heavy (non-hydrogen) atoms. The lowest BCUT2D eigenvalue weighted by atomic mass is 9.82. The number of carbonyl (C=O) groups is 1. The van der Waals surface area contributed by atoms with Crippen molar-refractivity contribution in [3.05, 3.63) is 0 Å². The second kappa shape index (κ2) is 5.07.